The summed E-state index contributed by atoms with van der Waals surface area (Å²) in [7, 11) is 0. The number of piperidine rings is 1. The molecule has 7 aliphatic rings. The minimum Gasteiger partial charge on any atom is -0.490 e. The Balaban J connectivity index is 0.661. The van der Waals surface area contributed by atoms with Gasteiger partial charge in [-0.15, -0.1) is 0 Å². The third-order valence-electron chi connectivity index (χ3n) is 14.7. The Bertz CT molecular complexity index is 2260. The number of carbonyl (C=O) groups is 3. The molecule has 326 valence electrons. The number of carbonyl (C=O) groups excluding carboxylic acids is 3. The summed E-state index contributed by atoms with van der Waals surface area (Å²) in [6, 6.07) is 9.20. The highest BCUT2D eigenvalue weighted by Gasteiger charge is 2.48. The van der Waals surface area contributed by atoms with Crippen LogP contribution in [0.5, 0.6) is 5.75 Å². The van der Waals surface area contributed by atoms with E-state index in [0.717, 1.165) is 64.2 Å². The minimum absolute atomic E-state index is 0.0190. The van der Waals surface area contributed by atoms with Gasteiger partial charge >= 0.3 is 0 Å². The molecular weight excluding hydrogens is 817 g/mol. The third kappa shape index (κ3) is 7.87. The van der Waals surface area contributed by atoms with Gasteiger partial charge in [0.05, 0.1) is 40.8 Å². The molecule has 2 aliphatic carbocycles. The van der Waals surface area contributed by atoms with E-state index in [9.17, 15) is 24.6 Å². The number of fused-ring (bicyclic) bond motifs is 3. The molecule has 17 heteroatoms. The van der Waals surface area contributed by atoms with Crippen LogP contribution < -0.4 is 25.2 Å². The van der Waals surface area contributed by atoms with Crippen molar-refractivity contribution in [2.45, 2.75) is 82.0 Å². The van der Waals surface area contributed by atoms with Crippen molar-refractivity contribution in [3.63, 3.8) is 0 Å². The largest absolute Gasteiger partial charge is 0.490 e. The first-order valence-corrected chi connectivity index (χ1v) is 22.4. The lowest BCUT2D eigenvalue weighted by molar-refractivity contribution is -0.154. The Labute approximate surface area is 364 Å². The number of anilines is 2. The Morgan fingerprint density at radius 1 is 0.903 bits per heavy atom. The number of nitrogens with one attached hydrogen (secondary N) is 2. The summed E-state index contributed by atoms with van der Waals surface area (Å²) in [6.07, 6.45) is 6.46. The quantitative estimate of drug-likeness (QED) is 0.227. The first-order chi connectivity index (χ1) is 30.0. The molecule has 3 aromatic rings. The molecule has 6 fully saturated rings. The van der Waals surface area contributed by atoms with E-state index < -0.39 is 30.2 Å². The predicted octanol–water partition coefficient (Wildman–Crippen LogP) is 3.89. The summed E-state index contributed by atoms with van der Waals surface area (Å²) in [5.41, 5.74) is 1.77. The van der Waals surface area contributed by atoms with Crippen LogP contribution in [0.2, 0.25) is 5.02 Å². The number of halogens is 2. The molecule has 0 bridgehead atoms. The summed E-state index contributed by atoms with van der Waals surface area (Å²) in [5.74, 6) is 2.46. The van der Waals surface area contributed by atoms with Gasteiger partial charge in [0.1, 0.15) is 41.6 Å². The second-order valence-electron chi connectivity index (χ2n) is 18.6. The maximum atomic E-state index is 15.7. The molecule has 10 rings (SSSR count). The van der Waals surface area contributed by atoms with Crippen molar-refractivity contribution < 1.29 is 33.7 Å². The van der Waals surface area contributed by atoms with Crippen molar-refractivity contribution in [3.05, 3.63) is 75.9 Å². The molecule has 2 saturated carbocycles. The van der Waals surface area contributed by atoms with Crippen LogP contribution in [0.25, 0.3) is 0 Å². The van der Waals surface area contributed by atoms with E-state index >= 15 is 4.39 Å². The molecule has 6 heterocycles. The van der Waals surface area contributed by atoms with Crippen molar-refractivity contribution in [2.24, 2.45) is 29.6 Å². The molecule has 4 saturated heterocycles. The number of nitriles is 1. The van der Waals surface area contributed by atoms with Gasteiger partial charge in [-0.1, -0.05) is 11.6 Å². The first-order valence-electron chi connectivity index (χ1n) is 22.0. The molecular formula is C45H51ClFN9O6. The molecule has 5 aliphatic heterocycles. The van der Waals surface area contributed by atoms with Gasteiger partial charge in [-0.2, -0.15) is 5.26 Å². The molecule has 1 aromatic heterocycles. The van der Waals surface area contributed by atoms with Crippen LogP contribution in [0.15, 0.2) is 42.7 Å². The Morgan fingerprint density at radius 2 is 1.60 bits per heavy atom. The van der Waals surface area contributed by atoms with Crippen LogP contribution in [-0.4, -0.2) is 112 Å². The average Bonchev–Trinajstić information content (AvgIpc) is 4.06. The smallest absolute Gasteiger partial charge is 0.271 e. The third-order valence-corrected chi connectivity index (χ3v) is 15.0. The predicted molar refractivity (Wildman–Crippen MR) is 224 cm³/mol. The number of hydrogen-bond acceptors (Lipinski definition) is 13. The van der Waals surface area contributed by atoms with Crippen LogP contribution in [0, 0.1) is 46.7 Å². The highest BCUT2D eigenvalue weighted by Crippen LogP contribution is 2.47. The highest BCUT2D eigenvalue weighted by atomic mass is 35.5. The highest BCUT2D eigenvalue weighted by molar-refractivity contribution is 6.31. The van der Waals surface area contributed by atoms with Crippen molar-refractivity contribution in [2.75, 3.05) is 55.6 Å². The zero-order valence-electron chi connectivity index (χ0n) is 34.3. The molecule has 5 unspecified atom stereocenters. The van der Waals surface area contributed by atoms with Gasteiger partial charge in [0, 0.05) is 75.5 Å². The maximum absolute atomic E-state index is 15.7. The monoisotopic (exact) mass is 867 g/mol. The van der Waals surface area contributed by atoms with Gasteiger partial charge < -0.3 is 35.0 Å². The average molecular weight is 868 g/mol. The fraction of sp³-hybridized carbons (Fsp3) is 0.556. The number of aliphatic hydroxyl groups excluding tert-OH is 2. The molecule has 3 amide bonds. The molecule has 62 heavy (non-hydrogen) atoms. The van der Waals surface area contributed by atoms with Crippen LogP contribution in [0.4, 0.5) is 15.9 Å². The van der Waals surface area contributed by atoms with E-state index in [0.29, 0.717) is 76.0 Å². The lowest BCUT2D eigenvalue weighted by Gasteiger charge is -2.34. The molecule has 0 radical (unpaired) electrons. The zero-order chi connectivity index (χ0) is 42.8. The number of benzene rings is 2. The summed E-state index contributed by atoms with van der Waals surface area (Å²) >= 11 is 6.16. The topological polar surface area (TPSA) is 187 Å². The van der Waals surface area contributed by atoms with Gasteiger partial charge in [0.25, 0.3) is 5.91 Å². The van der Waals surface area contributed by atoms with Crippen LogP contribution in [0.1, 0.15) is 91.0 Å². The Kier molecular flexibility index (Phi) is 11.0. The number of ether oxygens (including phenoxy) is 1. The number of aliphatic hydroxyl groups is 2. The van der Waals surface area contributed by atoms with E-state index in [1.54, 1.807) is 36.7 Å². The summed E-state index contributed by atoms with van der Waals surface area (Å²) in [6.45, 7) is 6.31. The van der Waals surface area contributed by atoms with Gasteiger partial charge in [0.15, 0.2) is 0 Å². The van der Waals surface area contributed by atoms with Gasteiger partial charge in [-0.3, -0.25) is 19.7 Å². The van der Waals surface area contributed by atoms with E-state index in [4.69, 9.17) is 21.6 Å². The number of likely N-dealkylation sites (tertiary alicyclic amines) is 1. The van der Waals surface area contributed by atoms with E-state index in [1.807, 2.05) is 0 Å². The summed E-state index contributed by atoms with van der Waals surface area (Å²) in [4.78, 5) is 54.7. The fourth-order valence-corrected chi connectivity index (χ4v) is 11.9. The summed E-state index contributed by atoms with van der Waals surface area (Å²) < 4.78 is 21.7. The number of imide groups is 1. The van der Waals surface area contributed by atoms with E-state index in [1.165, 1.54) is 23.8 Å². The van der Waals surface area contributed by atoms with E-state index in [2.05, 4.69) is 41.4 Å². The second-order valence-corrected chi connectivity index (χ2v) is 19.0. The number of aromatic nitrogens is 2. The lowest BCUT2D eigenvalue weighted by atomic mass is 9.93. The van der Waals surface area contributed by atoms with Gasteiger partial charge in [-0.05, 0) is 98.8 Å². The van der Waals surface area contributed by atoms with Crippen molar-refractivity contribution in [3.8, 4) is 11.8 Å². The van der Waals surface area contributed by atoms with E-state index in [-0.39, 0.29) is 42.4 Å². The normalized spacial score (nSPS) is 32.0. The number of hydrogen-bond donors (Lipinski definition) is 4. The Morgan fingerprint density at radius 3 is 2.24 bits per heavy atom. The second kappa shape index (κ2) is 16.7. The van der Waals surface area contributed by atoms with Crippen molar-refractivity contribution in [1.82, 2.24) is 30.4 Å². The Hall–Kier alpha value is -4.92. The molecule has 2 aromatic carbocycles. The van der Waals surface area contributed by atoms with Crippen LogP contribution >= 0.6 is 11.6 Å². The van der Waals surface area contributed by atoms with Crippen molar-refractivity contribution in [1.29, 1.82) is 5.26 Å². The SMILES string of the molecule is N#Cc1ccc(O[C@H]2CC[C@H](NC(=O)c3cnc(N4C[C@H]5C[C@@H](CN6CC7CN(c8cc9c(cc8F)C(O)N(C8CCC(=O)NC8=O)C9O)CC7C6)C[C@H]5C4)cn3)CC2)cc1Cl. The standard InChI is InChI=1S/C45H51ClFN9O6/c46-35-11-32(4-1-25(35)14-48)62-31-5-2-30(3-6-31)51-42(58)37-15-50-40(16-49-37)55-20-26-9-24(10-27(26)21-55)17-53-18-28-22-54(23-29(28)19-53)39-13-34-33(12-36(39)47)44(60)56(45(34)61)38-7-8-41(57)52-43(38)59/h1,4,11-13,15-16,24,26-31,38,44-45,60-61H,2-3,5-10,17-23H2,(H,51,58)(H,52,57,59)/t24-,26-,27+,28?,29?,30-,31-,38?,44?,45?. The maximum Gasteiger partial charge on any atom is 0.271 e. The molecule has 15 nitrogen and oxygen atoms in total. The number of rotatable bonds is 9. The van der Waals surface area contributed by atoms with Gasteiger partial charge in [0.2, 0.25) is 11.8 Å². The lowest BCUT2D eigenvalue weighted by Crippen LogP contribution is -2.52. The molecule has 0 spiro atoms. The van der Waals surface area contributed by atoms with Crippen molar-refractivity contribution >= 4 is 40.8 Å². The zero-order valence-corrected chi connectivity index (χ0v) is 35.1. The first kappa shape index (κ1) is 41.1. The minimum atomic E-state index is -1.35. The molecule has 8 atom stereocenters. The number of amides is 3. The van der Waals surface area contributed by atoms with Crippen LogP contribution in [-0.2, 0) is 9.59 Å². The number of nitrogens with zero attached hydrogens (tertiary/aromatic N) is 7. The summed E-state index contributed by atoms with van der Waals surface area (Å²) in [5, 5.41) is 37.1. The fourth-order valence-electron chi connectivity index (χ4n) is 11.6. The van der Waals surface area contributed by atoms with Crippen LogP contribution in [0.3, 0.4) is 0 Å². The molecule has 4 N–H and O–H groups in total. The van der Waals surface area contributed by atoms with Gasteiger partial charge in [-0.25, -0.2) is 19.3 Å².